The van der Waals surface area contributed by atoms with E-state index in [2.05, 4.69) is 20.4 Å². The summed E-state index contributed by atoms with van der Waals surface area (Å²) in [5.74, 6) is 1.06. The van der Waals surface area contributed by atoms with Gasteiger partial charge in [0.2, 0.25) is 0 Å². The van der Waals surface area contributed by atoms with Crippen molar-refractivity contribution in [3.63, 3.8) is 0 Å². The number of anilines is 1. The normalized spacial score (nSPS) is 18.7. The zero-order valence-electron chi connectivity index (χ0n) is 24.2. The van der Waals surface area contributed by atoms with Gasteiger partial charge in [0.15, 0.2) is 11.6 Å². The number of carboxylic acids is 1. The molecule has 1 fully saturated rings. The summed E-state index contributed by atoms with van der Waals surface area (Å²) in [6.07, 6.45) is 4.94. The maximum atomic E-state index is 14.7. The minimum atomic E-state index is -0.951. The van der Waals surface area contributed by atoms with Crippen LogP contribution < -0.4 is 9.64 Å². The second-order valence-corrected chi connectivity index (χ2v) is 12.0. The molecular formula is C33H33ClFN5O4. The van der Waals surface area contributed by atoms with Crippen molar-refractivity contribution in [1.82, 2.24) is 19.4 Å². The van der Waals surface area contributed by atoms with Crippen LogP contribution in [0.2, 0.25) is 5.02 Å². The highest BCUT2D eigenvalue weighted by Gasteiger charge is 2.25. The zero-order valence-corrected chi connectivity index (χ0v) is 25.0. The molecule has 1 N–H and O–H groups in total. The van der Waals surface area contributed by atoms with Crippen molar-refractivity contribution in [2.45, 2.75) is 45.0 Å². The average molecular weight is 618 g/mol. The fourth-order valence-electron chi connectivity index (χ4n) is 6.06. The first-order valence-electron chi connectivity index (χ1n) is 15.0. The molecule has 7 rings (SSSR count). The van der Waals surface area contributed by atoms with E-state index in [4.69, 9.17) is 31.0 Å². The van der Waals surface area contributed by atoms with Crippen LogP contribution in [-0.4, -0.2) is 69.5 Å². The fourth-order valence-corrected chi connectivity index (χ4v) is 6.22. The summed E-state index contributed by atoms with van der Waals surface area (Å²) >= 11 is 5.97. The van der Waals surface area contributed by atoms with Gasteiger partial charge in [0.1, 0.15) is 11.6 Å². The van der Waals surface area contributed by atoms with Crippen LogP contribution in [0.25, 0.3) is 16.6 Å². The standard InChI is InChI=1S/C33H33ClFN5O4/c34-24-4-2-23(26(35)17-24)18-39-11-1-14-44-30-7-6-27(37-32(30)39)21-8-12-38(13-9-21)20-31-36-28-5-3-22(33(41)42)16-29(28)40(31)19-25-10-15-43-25/h2-8,16-17,25H,1,9-15,18-20H2,(H,41,42)/t25-/m0/s1. The summed E-state index contributed by atoms with van der Waals surface area (Å²) in [5, 5.41) is 9.91. The van der Waals surface area contributed by atoms with E-state index in [0.717, 1.165) is 72.9 Å². The molecular weight excluding hydrogens is 585 g/mol. The zero-order chi connectivity index (χ0) is 30.2. The second kappa shape index (κ2) is 12.2. The minimum absolute atomic E-state index is 0.117. The van der Waals surface area contributed by atoms with Crippen molar-refractivity contribution in [2.75, 3.05) is 37.7 Å². The summed E-state index contributed by atoms with van der Waals surface area (Å²) in [7, 11) is 0. The quantitative estimate of drug-likeness (QED) is 0.266. The Balaban J connectivity index is 1.10. The Kier molecular flexibility index (Phi) is 7.97. The van der Waals surface area contributed by atoms with Gasteiger partial charge in [0.05, 0.1) is 48.1 Å². The molecule has 0 unspecified atom stereocenters. The van der Waals surface area contributed by atoms with Gasteiger partial charge in [-0.3, -0.25) is 4.90 Å². The number of carbonyl (C=O) groups is 1. The molecule has 5 heterocycles. The van der Waals surface area contributed by atoms with Gasteiger partial charge in [-0.2, -0.15) is 0 Å². The smallest absolute Gasteiger partial charge is 0.335 e. The van der Waals surface area contributed by atoms with Crippen LogP contribution in [0.4, 0.5) is 10.2 Å². The number of aromatic carboxylic acids is 1. The largest absolute Gasteiger partial charge is 0.490 e. The van der Waals surface area contributed by atoms with E-state index in [1.807, 2.05) is 12.1 Å². The Hall–Kier alpha value is -3.99. The maximum absolute atomic E-state index is 14.7. The number of hydrogen-bond acceptors (Lipinski definition) is 7. The van der Waals surface area contributed by atoms with Crippen LogP contribution >= 0.6 is 11.6 Å². The molecule has 9 nitrogen and oxygen atoms in total. The van der Waals surface area contributed by atoms with E-state index in [0.29, 0.717) is 49.1 Å². The van der Waals surface area contributed by atoms with Gasteiger partial charge in [-0.05, 0) is 67.3 Å². The Morgan fingerprint density at radius 1 is 1.07 bits per heavy atom. The van der Waals surface area contributed by atoms with Gasteiger partial charge in [0, 0.05) is 43.4 Å². The lowest BCUT2D eigenvalue weighted by molar-refractivity contribution is -0.0591. The molecule has 4 aromatic rings. The van der Waals surface area contributed by atoms with Crippen LogP contribution in [-0.2, 0) is 24.4 Å². The Morgan fingerprint density at radius 3 is 2.70 bits per heavy atom. The van der Waals surface area contributed by atoms with Crippen LogP contribution in [0.1, 0.15) is 46.7 Å². The fraction of sp³-hybridized carbons (Fsp3) is 0.364. The molecule has 0 bridgehead atoms. The van der Waals surface area contributed by atoms with E-state index < -0.39 is 5.97 Å². The molecule has 3 aliphatic heterocycles. The number of pyridine rings is 1. The number of fused-ring (bicyclic) bond motifs is 2. The summed E-state index contributed by atoms with van der Waals surface area (Å²) in [4.78, 5) is 26.0. The van der Waals surface area contributed by atoms with E-state index in [1.54, 1.807) is 30.3 Å². The Bertz CT molecular complexity index is 1750. The maximum Gasteiger partial charge on any atom is 0.335 e. The van der Waals surface area contributed by atoms with Gasteiger partial charge >= 0.3 is 5.97 Å². The lowest BCUT2D eigenvalue weighted by atomic mass is 10.0. The first-order chi connectivity index (χ1) is 21.4. The lowest BCUT2D eigenvalue weighted by Gasteiger charge is -2.29. The lowest BCUT2D eigenvalue weighted by Crippen LogP contribution is -2.33. The van der Waals surface area contributed by atoms with Crippen molar-refractivity contribution < 1.29 is 23.8 Å². The molecule has 44 heavy (non-hydrogen) atoms. The number of carboxylic acid groups (broad SMARTS) is 1. The van der Waals surface area contributed by atoms with Gasteiger partial charge in [-0.15, -0.1) is 0 Å². The van der Waals surface area contributed by atoms with E-state index in [1.165, 1.54) is 6.07 Å². The Morgan fingerprint density at radius 2 is 1.95 bits per heavy atom. The van der Waals surface area contributed by atoms with Crippen LogP contribution in [0, 0.1) is 5.82 Å². The van der Waals surface area contributed by atoms with Gasteiger partial charge in [0.25, 0.3) is 0 Å². The molecule has 0 saturated carbocycles. The molecule has 1 atom stereocenters. The first-order valence-corrected chi connectivity index (χ1v) is 15.4. The number of hydrogen-bond donors (Lipinski definition) is 1. The van der Waals surface area contributed by atoms with Crippen molar-refractivity contribution in [3.8, 4) is 5.75 Å². The molecule has 2 aromatic carbocycles. The molecule has 2 aromatic heterocycles. The number of ether oxygens (including phenoxy) is 2. The molecule has 228 valence electrons. The monoisotopic (exact) mass is 617 g/mol. The van der Waals surface area contributed by atoms with Crippen molar-refractivity contribution >= 4 is 40.0 Å². The van der Waals surface area contributed by atoms with Gasteiger partial charge in [-0.25, -0.2) is 19.2 Å². The second-order valence-electron chi connectivity index (χ2n) is 11.5. The number of aromatic nitrogens is 3. The third-order valence-corrected chi connectivity index (χ3v) is 8.82. The minimum Gasteiger partial charge on any atom is -0.490 e. The molecule has 0 radical (unpaired) electrons. The highest BCUT2D eigenvalue weighted by Crippen LogP contribution is 2.34. The van der Waals surface area contributed by atoms with Gasteiger partial charge in [-0.1, -0.05) is 23.7 Å². The predicted octanol–water partition coefficient (Wildman–Crippen LogP) is 5.79. The highest BCUT2D eigenvalue weighted by atomic mass is 35.5. The van der Waals surface area contributed by atoms with Crippen molar-refractivity contribution in [2.24, 2.45) is 0 Å². The first kappa shape index (κ1) is 28.8. The third kappa shape index (κ3) is 5.89. The summed E-state index contributed by atoms with van der Waals surface area (Å²) < 4.78 is 28.5. The van der Waals surface area contributed by atoms with E-state index >= 15 is 0 Å². The number of nitrogens with zero attached hydrogens (tertiary/aromatic N) is 5. The molecule has 11 heteroatoms. The highest BCUT2D eigenvalue weighted by molar-refractivity contribution is 6.30. The molecule has 0 amide bonds. The molecule has 0 aliphatic carbocycles. The molecule has 0 spiro atoms. The van der Waals surface area contributed by atoms with Crippen LogP contribution in [0.3, 0.4) is 0 Å². The molecule has 3 aliphatic rings. The van der Waals surface area contributed by atoms with Crippen molar-refractivity contribution in [1.29, 1.82) is 0 Å². The number of imidazole rings is 1. The summed E-state index contributed by atoms with van der Waals surface area (Å²) in [5.41, 5.74) is 4.48. The predicted molar refractivity (Wildman–Crippen MR) is 166 cm³/mol. The number of halogens is 2. The van der Waals surface area contributed by atoms with Crippen LogP contribution in [0.15, 0.2) is 54.6 Å². The molecule has 1 saturated heterocycles. The van der Waals surface area contributed by atoms with E-state index in [9.17, 15) is 14.3 Å². The Labute approximate surface area is 259 Å². The summed E-state index contributed by atoms with van der Waals surface area (Å²) in [6.45, 7) is 5.27. The number of rotatable bonds is 8. The third-order valence-electron chi connectivity index (χ3n) is 8.59. The topological polar surface area (TPSA) is 93.0 Å². The van der Waals surface area contributed by atoms with E-state index in [-0.39, 0.29) is 17.5 Å². The van der Waals surface area contributed by atoms with Gasteiger partial charge < -0.3 is 24.0 Å². The number of benzene rings is 2. The summed E-state index contributed by atoms with van der Waals surface area (Å²) in [6, 6.07) is 13.9. The van der Waals surface area contributed by atoms with Crippen molar-refractivity contribution in [3.05, 3.63) is 88.1 Å². The van der Waals surface area contributed by atoms with Crippen LogP contribution in [0.5, 0.6) is 5.75 Å². The SMILES string of the molecule is O=C(O)c1ccc2nc(CN3CC=C(c4ccc5c(n4)N(Cc4ccc(Cl)cc4F)CCCO5)CC3)n(C[C@@H]3CCO3)c2c1. The average Bonchev–Trinajstić information content (AvgIpc) is 3.20.